The molecule has 0 rings (SSSR count). The second-order valence-electron chi connectivity index (χ2n) is 3.07. The molecule has 0 aliphatic heterocycles. The molecule has 54 valence electrons. The molecule has 0 aromatic heterocycles. The van der Waals surface area contributed by atoms with Gasteiger partial charge in [0.2, 0.25) is 0 Å². The lowest BCUT2D eigenvalue weighted by Crippen LogP contribution is -2.11. The van der Waals surface area contributed by atoms with E-state index in [-0.39, 0.29) is 5.41 Å². The molecule has 0 aliphatic rings. The van der Waals surface area contributed by atoms with E-state index in [0.717, 1.165) is 0 Å². The van der Waals surface area contributed by atoms with Crippen molar-refractivity contribution < 1.29 is 14.0 Å². The van der Waals surface area contributed by atoms with E-state index in [9.17, 15) is 4.57 Å². The molecule has 0 bridgehead atoms. The van der Waals surface area contributed by atoms with Crippen molar-refractivity contribution in [2.24, 2.45) is 5.41 Å². The minimum absolute atomic E-state index is 0.0340. The van der Waals surface area contributed by atoms with Crippen LogP contribution in [-0.4, -0.2) is 11.5 Å². The van der Waals surface area contributed by atoms with Crippen LogP contribution >= 0.6 is 8.25 Å². The van der Waals surface area contributed by atoms with E-state index in [0.29, 0.717) is 6.61 Å². The highest BCUT2D eigenvalue weighted by Gasteiger charge is 2.19. The summed E-state index contributed by atoms with van der Waals surface area (Å²) in [5.74, 6) is 0. The summed E-state index contributed by atoms with van der Waals surface area (Å²) in [6.45, 7) is 6.13. The molecular weight excluding hydrogens is 139 g/mol. The van der Waals surface area contributed by atoms with Crippen molar-refractivity contribution in [1.82, 2.24) is 0 Å². The first-order valence-corrected chi connectivity index (χ1v) is 3.84. The van der Waals surface area contributed by atoms with Gasteiger partial charge in [-0.25, -0.2) is 0 Å². The number of hydrogen-bond donors (Lipinski definition) is 1. The van der Waals surface area contributed by atoms with E-state index in [1.807, 2.05) is 20.8 Å². The fourth-order valence-electron chi connectivity index (χ4n) is 0.249. The Morgan fingerprint density at radius 3 is 2.11 bits per heavy atom. The van der Waals surface area contributed by atoms with Crippen molar-refractivity contribution >= 4 is 8.25 Å². The van der Waals surface area contributed by atoms with Crippen LogP contribution in [0.25, 0.3) is 0 Å². The minimum atomic E-state index is -2.41. The third-order valence-corrected chi connectivity index (χ3v) is 0.958. The maximum atomic E-state index is 9.97. The zero-order valence-corrected chi connectivity index (χ0v) is 6.81. The Labute approximate surface area is 56.0 Å². The van der Waals surface area contributed by atoms with Crippen molar-refractivity contribution in [1.29, 1.82) is 0 Å². The molecule has 0 spiro atoms. The Morgan fingerprint density at radius 1 is 1.56 bits per heavy atom. The summed E-state index contributed by atoms with van der Waals surface area (Å²) in [5.41, 5.74) is -0.0340. The Hall–Kier alpha value is 0.0200. The van der Waals surface area contributed by atoms with Gasteiger partial charge >= 0.3 is 8.25 Å². The molecule has 0 amide bonds. The molecule has 0 radical (unpaired) electrons. The van der Waals surface area contributed by atoms with Crippen LogP contribution in [0.3, 0.4) is 0 Å². The third kappa shape index (κ3) is 8.02. The van der Waals surface area contributed by atoms with Gasteiger partial charge in [0, 0.05) is 4.57 Å². The Morgan fingerprint density at radius 2 is 2.00 bits per heavy atom. The second-order valence-corrected chi connectivity index (χ2v) is 3.81. The normalized spacial score (nSPS) is 13.6. The van der Waals surface area contributed by atoms with E-state index < -0.39 is 8.25 Å². The second kappa shape index (κ2) is 3.25. The fraction of sp³-hybridized carbons (Fsp3) is 1.00. The largest absolute Gasteiger partial charge is 0.694 e. The van der Waals surface area contributed by atoms with Crippen molar-refractivity contribution in [3.05, 3.63) is 0 Å². The lowest BCUT2D eigenvalue weighted by Gasteiger charge is -2.11. The maximum Gasteiger partial charge on any atom is 0.694 e. The predicted octanol–water partition coefficient (Wildman–Crippen LogP) is 1.70. The number of hydrogen-bond acceptors (Lipinski definition) is 2. The summed E-state index contributed by atoms with van der Waals surface area (Å²) in [6, 6.07) is 0. The van der Waals surface area contributed by atoms with Crippen LogP contribution in [0.2, 0.25) is 0 Å². The Bertz CT molecular complexity index is 105. The summed E-state index contributed by atoms with van der Waals surface area (Å²) in [5, 5.41) is 0. The lowest BCUT2D eigenvalue weighted by molar-refractivity contribution is 0.187. The van der Waals surface area contributed by atoms with E-state index in [4.69, 9.17) is 4.89 Å². The minimum Gasteiger partial charge on any atom is -0.133 e. The van der Waals surface area contributed by atoms with Crippen LogP contribution < -0.4 is 0 Å². The molecule has 0 aliphatic carbocycles. The highest BCUT2D eigenvalue weighted by molar-refractivity contribution is 7.32. The summed E-state index contributed by atoms with van der Waals surface area (Å²) in [4.78, 5) is 8.20. The summed E-state index contributed by atoms with van der Waals surface area (Å²) in [7, 11) is -2.41. The van der Waals surface area contributed by atoms with Gasteiger partial charge in [0.1, 0.15) is 6.61 Å². The van der Waals surface area contributed by atoms with Crippen LogP contribution in [0, 0.1) is 5.41 Å². The van der Waals surface area contributed by atoms with Crippen LogP contribution in [0.4, 0.5) is 0 Å². The smallest absolute Gasteiger partial charge is 0.133 e. The highest BCUT2D eigenvalue weighted by Crippen LogP contribution is 2.21. The van der Waals surface area contributed by atoms with Crippen LogP contribution in [0.15, 0.2) is 0 Å². The van der Waals surface area contributed by atoms with Gasteiger partial charge in [-0.2, -0.15) is 0 Å². The first-order chi connectivity index (χ1) is 3.92. The van der Waals surface area contributed by atoms with Gasteiger partial charge in [-0.1, -0.05) is 20.8 Å². The maximum absolute atomic E-state index is 9.97. The standard InChI is InChI=1S/C5H11O3P/c1-5(2,3)4-8-9(6)7/h4H2,1-3H3/p+1. The molecule has 1 N–H and O–H groups in total. The molecule has 1 atom stereocenters. The van der Waals surface area contributed by atoms with Crippen LogP contribution in [-0.2, 0) is 9.09 Å². The molecule has 0 fully saturated rings. The third-order valence-electron chi connectivity index (χ3n) is 0.608. The summed E-state index contributed by atoms with van der Waals surface area (Å²) >= 11 is 0. The molecule has 9 heavy (non-hydrogen) atoms. The van der Waals surface area contributed by atoms with Crippen LogP contribution in [0.5, 0.6) is 0 Å². The molecule has 1 unspecified atom stereocenters. The van der Waals surface area contributed by atoms with Gasteiger partial charge in [-0.15, -0.1) is 9.42 Å². The predicted molar refractivity (Wildman–Crippen MR) is 35.2 cm³/mol. The van der Waals surface area contributed by atoms with Gasteiger partial charge in [-0.3, -0.25) is 0 Å². The van der Waals surface area contributed by atoms with Gasteiger partial charge in [0.25, 0.3) is 0 Å². The van der Waals surface area contributed by atoms with Crippen molar-refractivity contribution in [2.45, 2.75) is 20.8 Å². The Kier molecular flexibility index (Phi) is 3.26. The number of rotatable bonds is 2. The quantitative estimate of drug-likeness (QED) is 0.611. The average molecular weight is 151 g/mol. The first-order valence-electron chi connectivity index (χ1n) is 2.71. The van der Waals surface area contributed by atoms with Crippen LogP contribution in [0.1, 0.15) is 20.8 Å². The molecule has 0 aromatic rings. The van der Waals surface area contributed by atoms with Gasteiger partial charge in [0.05, 0.1) is 0 Å². The lowest BCUT2D eigenvalue weighted by atomic mass is 9.99. The van der Waals surface area contributed by atoms with Crippen molar-refractivity contribution in [2.75, 3.05) is 6.61 Å². The van der Waals surface area contributed by atoms with E-state index >= 15 is 0 Å². The molecule has 0 heterocycles. The van der Waals surface area contributed by atoms with E-state index in [1.165, 1.54) is 0 Å². The monoisotopic (exact) mass is 151 g/mol. The zero-order valence-electron chi connectivity index (χ0n) is 5.92. The zero-order chi connectivity index (χ0) is 7.49. The van der Waals surface area contributed by atoms with Crippen molar-refractivity contribution in [3.8, 4) is 0 Å². The van der Waals surface area contributed by atoms with Gasteiger partial charge in [-0.05, 0) is 5.41 Å². The van der Waals surface area contributed by atoms with E-state index in [1.54, 1.807) is 0 Å². The molecule has 0 saturated carbocycles. The molecule has 0 aromatic carbocycles. The molecular formula is C5H12O3P+. The van der Waals surface area contributed by atoms with Crippen molar-refractivity contribution in [3.63, 3.8) is 0 Å². The van der Waals surface area contributed by atoms with E-state index in [2.05, 4.69) is 4.52 Å². The average Bonchev–Trinajstić information content (AvgIpc) is 1.59. The first kappa shape index (κ1) is 9.02. The van der Waals surface area contributed by atoms with Gasteiger partial charge < -0.3 is 0 Å². The fourth-order valence-corrected chi connectivity index (χ4v) is 0.747. The molecule has 0 saturated heterocycles. The highest BCUT2D eigenvalue weighted by atomic mass is 31.1. The summed E-state index contributed by atoms with van der Waals surface area (Å²) < 4.78 is 14.4. The molecule has 3 nitrogen and oxygen atoms in total. The SMILES string of the molecule is CC(C)(C)CO[P+](=O)O. The Balaban J connectivity index is 3.39. The van der Waals surface area contributed by atoms with Gasteiger partial charge in [0.15, 0.2) is 0 Å². The molecule has 4 heteroatoms. The topological polar surface area (TPSA) is 46.5 Å². The summed E-state index contributed by atoms with van der Waals surface area (Å²) in [6.07, 6.45) is 0.